The van der Waals surface area contributed by atoms with Gasteiger partial charge in [0.05, 0.1) is 31.4 Å². The van der Waals surface area contributed by atoms with Crippen molar-refractivity contribution in [2.75, 3.05) is 44.3 Å². The summed E-state index contributed by atoms with van der Waals surface area (Å²) in [5, 5.41) is 0. The molecule has 1 amide bonds. The molecule has 0 saturated carbocycles. The third-order valence-electron chi connectivity index (χ3n) is 4.85. The minimum atomic E-state index is -0.00989. The molecule has 2 aromatic rings. The molecule has 1 N–H and O–H groups in total. The number of H-pyrrole nitrogens is 1. The van der Waals surface area contributed by atoms with Crippen LogP contribution in [0.25, 0.3) is 0 Å². The predicted octanol–water partition coefficient (Wildman–Crippen LogP) is 0.586. The highest BCUT2D eigenvalue weighted by molar-refractivity contribution is 5.92. The number of nitrogens with one attached hydrogen (secondary N) is 1. The van der Waals surface area contributed by atoms with Gasteiger partial charge in [0.25, 0.3) is 5.91 Å². The minimum absolute atomic E-state index is 0.00989. The van der Waals surface area contributed by atoms with Crippen molar-refractivity contribution in [3.05, 3.63) is 35.2 Å². The molecule has 132 valence electrons. The zero-order valence-electron chi connectivity index (χ0n) is 14.4. The van der Waals surface area contributed by atoms with Gasteiger partial charge in [-0.2, -0.15) is 0 Å². The molecule has 0 radical (unpaired) electrons. The van der Waals surface area contributed by atoms with Crippen LogP contribution in [0.4, 0.5) is 5.95 Å². The van der Waals surface area contributed by atoms with E-state index < -0.39 is 0 Å². The van der Waals surface area contributed by atoms with E-state index in [9.17, 15) is 4.79 Å². The van der Waals surface area contributed by atoms with Crippen molar-refractivity contribution in [3.8, 4) is 0 Å². The fourth-order valence-corrected chi connectivity index (χ4v) is 3.42. The number of hydrogen-bond acceptors (Lipinski definition) is 6. The van der Waals surface area contributed by atoms with E-state index >= 15 is 0 Å². The number of aromatic nitrogens is 4. The van der Waals surface area contributed by atoms with E-state index in [1.165, 1.54) is 11.9 Å². The molecule has 2 aromatic heterocycles. The molecule has 1 saturated heterocycles. The second-order valence-corrected chi connectivity index (χ2v) is 6.39. The average molecular weight is 342 g/mol. The van der Waals surface area contributed by atoms with Gasteiger partial charge in [0.15, 0.2) is 0 Å². The zero-order chi connectivity index (χ0) is 17.2. The maximum Gasteiger partial charge on any atom is 0.271 e. The van der Waals surface area contributed by atoms with E-state index in [0.717, 1.165) is 43.3 Å². The number of amides is 1. The molecule has 8 nitrogen and oxygen atoms in total. The van der Waals surface area contributed by atoms with Crippen LogP contribution in [-0.2, 0) is 17.6 Å². The molecule has 4 rings (SSSR count). The smallest absolute Gasteiger partial charge is 0.271 e. The van der Waals surface area contributed by atoms with Crippen molar-refractivity contribution in [2.24, 2.45) is 0 Å². The van der Waals surface area contributed by atoms with Gasteiger partial charge in [-0.1, -0.05) is 0 Å². The fourth-order valence-electron chi connectivity index (χ4n) is 3.42. The summed E-state index contributed by atoms with van der Waals surface area (Å²) in [5.74, 6) is 0.775. The molecule has 1 fully saturated rings. The van der Waals surface area contributed by atoms with E-state index in [2.05, 4.69) is 14.9 Å². The topological polar surface area (TPSA) is 87.2 Å². The summed E-state index contributed by atoms with van der Waals surface area (Å²) in [4.78, 5) is 33.0. The summed E-state index contributed by atoms with van der Waals surface area (Å²) in [6.07, 6.45) is 4.63. The average Bonchev–Trinajstić information content (AvgIpc) is 3.09. The van der Waals surface area contributed by atoms with Crippen molar-refractivity contribution >= 4 is 11.9 Å². The predicted molar refractivity (Wildman–Crippen MR) is 91.7 cm³/mol. The van der Waals surface area contributed by atoms with Crippen molar-refractivity contribution in [3.63, 3.8) is 0 Å². The fraction of sp³-hybridized carbons (Fsp3) is 0.529. The minimum Gasteiger partial charge on any atom is -0.378 e. The van der Waals surface area contributed by atoms with Crippen molar-refractivity contribution in [2.45, 2.75) is 19.8 Å². The Morgan fingerprint density at radius 2 is 1.96 bits per heavy atom. The van der Waals surface area contributed by atoms with Crippen LogP contribution in [0.3, 0.4) is 0 Å². The molecular weight excluding hydrogens is 320 g/mol. The van der Waals surface area contributed by atoms with Gasteiger partial charge >= 0.3 is 0 Å². The maximum absolute atomic E-state index is 12.6. The number of nitrogens with zero attached hydrogens (tertiary/aromatic N) is 5. The molecule has 0 aromatic carbocycles. The lowest BCUT2D eigenvalue weighted by Gasteiger charge is -2.27. The number of ether oxygens (including phenoxy) is 1. The molecule has 2 aliphatic rings. The highest BCUT2D eigenvalue weighted by Gasteiger charge is 2.24. The molecule has 4 heterocycles. The van der Waals surface area contributed by atoms with Gasteiger partial charge in [0, 0.05) is 38.3 Å². The standard InChI is InChI=1S/C17H22N6O2/c1-12-13-2-4-22(16(24)15-10-18-11-19-15)5-3-14(13)21-17(20-12)23-6-8-25-9-7-23/h10-11H,2-9H2,1H3,(H,18,19). The summed E-state index contributed by atoms with van der Waals surface area (Å²) in [7, 11) is 0. The highest BCUT2D eigenvalue weighted by Crippen LogP contribution is 2.21. The molecule has 8 heteroatoms. The summed E-state index contributed by atoms with van der Waals surface area (Å²) < 4.78 is 5.41. The van der Waals surface area contributed by atoms with Crippen molar-refractivity contribution in [1.82, 2.24) is 24.8 Å². The summed E-state index contributed by atoms with van der Waals surface area (Å²) in [6, 6.07) is 0. The summed E-state index contributed by atoms with van der Waals surface area (Å²) in [5.41, 5.74) is 3.79. The number of aryl methyl sites for hydroxylation is 1. The van der Waals surface area contributed by atoms with E-state index in [1.807, 2.05) is 11.8 Å². The van der Waals surface area contributed by atoms with E-state index in [-0.39, 0.29) is 5.91 Å². The summed E-state index contributed by atoms with van der Waals surface area (Å²) in [6.45, 7) is 6.44. The maximum atomic E-state index is 12.6. The van der Waals surface area contributed by atoms with Gasteiger partial charge < -0.3 is 19.5 Å². The van der Waals surface area contributed by atoms with Gasteiger partial charge in [-0.05, 0) is 18.9 Å². The first-order valence-electron chi connectivity index (χ1n) is 8.69. The van der Waals surface area contributed by atoms with Crippen LogP contribution in [0.2, 0.25) is 0 Å². The number of rotatable bonds is 2. The summed E-state index contributed by atoms with van der Waals surface area (Å²) >= 11 is 0. The van der Waals surface area contributed by atoms with Crippen LogP contribution in [-0.4, -0.2) is 70.1 Å². The Balaban J connectivity index is 1.54. The molecule has 0 aliphatic carbocycles. The normalized spacial score (nSPS) is 18.0. The molecule has 2 aliphatic heterocycles. The van der Waals surface area contributed by atoms with E-state index in [0.29, 0.717) is 32.0 Å². The third-order valence-corrected chi connectivity index (χ3v) is 4.85. The lowest BCUT2D eigenvalue weighted by atomic mass is 10.1. The Morgan fingerprint density at radius 3 is 2.72 bits per heavy atom. The van der Waals surface area contributed by atoms with Crippen LogP contribution in [0.5, 0.6) is 0 Å². The lowest BCUT2D eigenvalue weighted by Crippen LogP contribution is -2.37. The van der Waals surface area contributed by atoms with Crippen LogP contribution in [0.1, 0.15) is 27.4 Å². The number of fused-ring (bicyclic) bond motifs is 1. The SMILES string of the molecule is Cc1nc(N2CCOCC2)nc2c1CCN(C(=O)c1cnc[nH]1)CC2. The number of imidazole rings is 1. The molecule has 0 spiro atoms. The molecule has 0 bridgehead atoms. The number of hydrogen-bond donors (Lipinski definition) is 1. The second kappa shape index (κ2) is 6.79. The zero-order valence-corrected chi connectivity index (χ0v) is 14.4. The first-order chi connectivity index (χ1) is 12.2. The Kier molecular flexibility index (Phi) is 4.35. The van der Waals surface area contributed by atoms with Gasteiger partial charge in [0.1, 0.15) is 5.69 Å². The van der Waals surface area contributed by atoms with Crippen LogP contribution in [0.15, 0.2) is 12.5 Å². The van der Waals surface area contributed by atoms with Crippen LogP contribution in [0, 0.1) is 6.92 Å². The van der Waals surface area contributed by atoms with Crippen molar-refractivity contribution in [1.29, 1.82) is 0 Å². The van der Waals surface area contributed by atoms with E-state index in [1.54, 1.807) is 6.20 Å². The molecular formula is C17H22N6O2. The number of carbonyl (C=O) groups is 1. The van der Waals surface area contributed by atoms with Gasteiger partial charge in [-0.25, -0.2) is 15.0 Å². The third kappa shape index (κ3) is 3.21. The number of aromatic amines is 1. The second-order valence-electron chi connectivity index (χ2n) is 6.39. The molecule has 0 unspecified atom stereocenters. The van der Waals surface area contributed by atoms with E-state index in [4.69, 9.17) is 14.7 Å². The Hall–Kier alpha value is -2.48. The van der Waals surface area contributed by atoms with Crippen LogP contribution < -0.4 is 4.90 Å². The quantitative estimate of drug-likeness (QED) is 0.859. The van der Waals surface area contributed by atoms with Gasteiger partial charge in [-0.3, -0.25) is 4.79 Å². The Labute approximate surface area is 146 Å². The molecule has 0 atom stereocenters. The van der Waals surface area contributed by atoms with Gasteiger partial charge in [0.2, 0.25) is 5.95 Å². The first kappa shape index (κ1) is 16.0. The lowest BCUT2D eigenvalue weighted by molar-refractivity contribution is 0.0757. The van der Waals surface area contributed by atoms with Gasteiger partial charge in [-0.15, -0.1) is 0 Å². The first-order valence-corrected chi connectivity index (χ1v) is 8.69. The molecule has 25 heavy (non-hydrogen) atoms. The Bertz CT molecular complexity index is 755. The highest BCUT2D eigenvalue weighted by atomic mass is 16.5. The van der Waals surface area contributed by atoms with Crippen molar-refractivity contribution < 1.29 is 9.53 Å². The van der Waals surface area contributed by atoms with Crippen LogP contribution >= 0.6 is 0 Å². The Morgan fingerprint density at radius 1 is 1.16 bits per heavy atom. The number of carbonyl (C=O) groups excluding carboxylic acids is 1. The largest absolute Gasteiger partial charge is 0.378 e. The number of anilines is 1. The monoisotopic (exact) mass is 342 g/mol. The number of morpholine rings is 1.